The monoisotopic (exact) mass is 491 g/mol. The molecule has 0 saturated heterocycles. The lowest BCUT2D eigenvalue weighted by atomic mass is 10.1. The van der Waals surface area contributed by atoms with Crippen molar-refractivity contribution in [2.75, 3.05) is 5.32 Å². The summed E-state index contributed by atoms with van der Waals surface area (Å²) in [5, 5.41) is 3.51. The first-order valence-electron chi connectivity index (χ1n) is 10.2. The number of ether oxygens (including phenoxy) is 1. The molecule has 0 aliphatic rings. The number of hydrogen-bond acceptors (Lipinski definition) is 4. The molecular weight excluding hydrogens is 470 g/mol. The van der Waals surface area contributed by atoms with Gasteiger partial charge in [0, 0.05) is 15.4 Å². The van der Waals surface area contributed by atoms with Crippen LogP contribution in [0.4, 0.5) is 5.69 Å². The van der Waals surface area contributed by atoms with Crippen LogP contribution in [0.1, 0.15) is 34.2 Å². The second-order valence-corrected chi connectivity index (χ2v) is 8.50. The van der Waals surface area contributed by atoms with E-state index in [0.29, 0.717) is 28.0 Å². The Labute approximate surface area is 194 Å². The molecule has 0 aliphatic heterocycles. The number of nitrogens with one attached hydrogen (secondary N) is 1. The molecule has 0 radical (unpaired) electrons. The molecule has 0 saturated carbocycles. The number of carbonyl (C=O) groups excluding carboxylic acids is 2. The van der Waals surface area contributed by atoms with E-state index in [0.717, 1.165) is 15.6 Å². The SMILES string of the molecule is Cc1cccc(O[C@H](C)C(=O)Nc2c(C(=O)c3ccc(Br)cc3)oc3ccccc23)c1C. The zero-order valence-electron chi connectivity index (χ0n) is 17.9. The van der Waals surface area contributed by atoms with Gasteiger partial charge in [0.05, 0.1) is 5.69 Å². The van der Waals surface area contributed by atoms with Crippen LogP contribution < -0.4 is 10.1 Å². The molecule has 1 amide bonds. The average molecular weight is 492 g/mol. The summed E-state index contributed by atoms with van der Waals surface area (Å²) in [7, 11) is 0. The van der Waals surface area contributed by atoms with Gasteiger partial charge in [-0.05, 0) is 74.4 Å². The summed E-state index contributed by atoms with van der Waals surface area (Å²) < 4.78 is 12.6. The summed E-state index contributed by atoms with van der Waals surface area (Å²) >= 11 is 3.37. The molecular formula is C26H22BrNO4. The Morgan fingerprint density at radius 3 is 2.44 bits per heavy atom. The highest BCUT2D eigenvalue weighted by Gasteiger charge is 2.25. The van der Waals surface area contributed by atoms with Crippen molar-refractivity contribution in [1.82, 2.24) is 0 Å². The topological polar surface area (TPSA) is 68.5 Å². The van der Waals surface area contributed by atoms with Crippen LogP contribution in [0, 0.1) is 13.8 Å². The Morgan fingerprint density at radius 1 is 0.969 bits per heavy atom. The molecule has 1 aromatic heterocycles. The molecule has 1 atom stereocenters. The van der Waals surface area contributed by atoms with Gasteiger partial charge in [0.2, 0.25) is 5.78 Å². The summed E-state index contributed by atoms with van der Waals surface area (Å²) in [4.78, 5) is 26.2. The molecule has 4 aromatic rings. The van der Waals surface area contributed by atoms with Gasteiger partial charge in [0.15, 0.2) is 11.9 Å². The highest BCUT2D eigenvalue weighted by molar-refractivity contribution is 9.10. The molecule has 6 heteroatoms. The number of amides is 1. The van der Waals surface area contributed by atoms with Gasteiger partial charge in [-0.3, -0.25) is 9.59 Å². The van der Waals surface area contributed by atoms with Crippen molar-refractivity contribution in [3.63, 3.8) is 0 Å². The fourth-order valence-corrected chi connectivity index (χ4v) is 3.65. The van der Waals surface area contributed by atoms with E-state index >= 15 is 0 Å². The molecule has 4 rings (SSSR count). The number of ketones is 1. The first-order valence-corrected chi connectivity index (χ1v) is 11.0. The minimum absolute atomic E-state index is 0.0841. The van der Waals surface area contributed by atoms with Crippen LogP contribution in [0.25, 0.3) is 11.0 Å². The third kappa shape index (κ3) is 4.32. The largest absolute Gasteiger partial charge is 0.481 e. The fraction of sp³-hybridized carbons (Fsp3) is 0.154. The van der Waals surface area contributed by atoms with Crippen molar-refractivity contribution in [3.05, 3.63) is 93.7 Å². The average Bonchev–Trinajstić information content (AvgIpc) is 3.15. The van der Waals surface area contributed by atoms with Crippen molar-refractivity contribution < 1.29 is 18.7 Å². The lowest BCUT2D eigenvalue weighted by Crippen LogP contribution is -2.30. The number of anilines is 1. The van der Waals surface area contributed by atoms with E-state index < -0.39 is 6.10 Å². The quantitative estimate of drug-likeness (QED) is 0.314. The maximum absolute atomic E-state index is 13.2. The molecule has 1 heterocycles. The molecule has 3 aromatic carbocycles. The molecule has 0 unspecified atom stereocenters. The van der Waals surface area contributed by atoms with Crippen LogP contribution in [0.5, 0.6) is 5.75 Å². The minimum Gasteiger partial charge on any atom is -0.481 e. The maximum atomic E-state index is 13.2. The van der Waals surface area contributed by atoms with E-state index in [1.54, 1.807) is 37.3 Å². The van der Waals surface area contributed by atoms with Crippen LogP contribution in [-0.2, 0) is 4.79 Å². The Bertz CT molecular complexity index is 1310. The number of halogens is 1. The summed E-state index contributed by atoms with van der Waals surface area (Å²) in [5.74, 6) is 0.0473. The van der Waals surface area contributed by atoms with Crippen LogP contribution in [0.3, 0.4) is 0 Å². The standard InChI is InChI=1S/C26H22BrNO4/c1-15-7-6-10-21(16(15)2)31-17(3)26(30)28-23-20-8-4-5-9-22(20)32-25(23)24(29)18-11-13-19(27)14-12-18/h4-14,17H,1-3H3,(H,28,30)/t17-/m1/s1. The predicted molar refractivity (Wildman–Crippen MR) is 128 cm³/mol. The van der Waals surface area contributed by atoms with Crippen LogP contribution in [-0.4, -0.2) is 17.8 Å². The maximum Gasteiger partial charge on any atom is 0.265 e. The first kappa shape index (κ1) is 21.8. The highest BCUT2D eigenvalue weighted by Crippen LogP contribution is 2.33. The molecule has 162 valence electrons. The summed E-state index contributed by atoms with van der Waals surface area (Å²) in [6.07, 6.45) is -0.778. The van der Waals surface area contributed by atoms with Crippen molar-refractivity contribution in [2.45, 2.75) is 26.9 Å². The number of carbonyl (C=O) groups is 2. The molecule has 1 N–H and O–H groups in total. The molecule has 0 fully saturated rings. The van der Waals surface area contributed by atoms with Crippen LogP contribution >= 0.6 is 15.9 Å². The van der Waals surface area contributed by atoms with E-state index in [4.69, 9.17) is 9.15 Å². The van der Waals surface area contributed by atoms with Crippen molar-refractivity contribution in [1.29, 1.82) is 0 Å². The number of rotatable bonds is 6. The van der Waals surface area contributed by atoms with Crippen molar-refractivity contribution in [2.24, 2.45) is 0 Å². The van der Waals surface area contributed by atoms with Gasteiger partial charge in [0.1, 0.15) is 11.3 Å². The van der Waals surface area contributed by atoms with Gasteiger partial charge in [-0.15, -0.1) is 0 Å². The Kier molecular flexibility index (Phi) is 6.15. The molecule has 0 spiro atoms. The minimum atomic E-state index is -0.778. The van der Waals surface area contributed by atoms with E-state index in [2.05, 4.69) is 21.2 Å². The van der Waals surface area contributed by atoms with E-state index in [-0.39, 0.29) is 17.5 Å². The van der Waals surface area contributed by atoms with Crippen molar-refractivity contribution in [3.8, 4) is 5.75 Å². The van der Waals surface area contributed by atoms with Gasteiger partial charge < -0.3 is 14.5 Å². The predicted octanol–water partition coefficient (Wildman–Crippen LogP) is 6.45. The molecule has 0 aliphatic carbocycles. The number of furan rings is 1. The van der Waals surface area contributed by atoms with E-state index in [1.165, 1.54) is 0 Å². The lowest BCUT2D eigenvalue weighted by Gasteiger charge is -2.17. The fourth-order valence-electron chi connectivity index (χ4n) is 3.38. The van der Waals surface area contributed by atoms with Gasteiger partial charge >= 0.3 is 0 Å². The molecule has 5 nitrogen and oxygen atoms in total. The van der Waals surface area contributed by atoms with Crippen LogP contribution in [0.2, 0.25) is 0 Å². The Hall–Kier alpha value is -3.38. The van der Waals surface area contributed by atoms with Gasteiger partial charge in [-0.1, -0.05) is 40.2 Å². The van der Waals surface area contributed by atoms with E-state index in [9.17, 15) is 9.59 Å². The number of hydrogen-bond donors (Lipinski definition) is 1. The van der Waals surface area contributed by atoms with Crippen molar-refractivity contribution >= 4 is 44.3 Å². The molecule has 0 bridgehead atoms. The molecule has 32 heavy (non-hydrogen) atoms. The Balaban J connectivity index is 1.65. The smallest absolute Gasteiger partial charge is 0.265 e. The zero-order valence-corrected chi connectivity index (χ0v) is 19.5. The first-order chi connectivity index (χ1) is 15.3. The summed E-state index contributed by atoms with van der Waals surface area (Å²) in [6.45, 7) is 5.62. The third-order valence-electron chi connectivity index (χ3n) is 5.38. The second-order valence-electron chi connectivity index (χ2n) is 7.59. The zero-order chi connectivity index (χ0) is 22.8. The second kappa shape index (κ2) is 9.01. The van der Waals surface area contributed by atoms with Gasteiger partial charge in [0.25, 0.3) is 5.91 Å². The Morgan fingerprint density at radius 2 is 1.69 bits per heavy atom. The van der Waals surface area contributed by atoms with Gasteiger partial charge in [-0.2, -0.15) is 0 Å². The highest BCUT2D eigenvalue weighted by atomic mass is 79.9. The number of para-hydroxylation sites is 1. The number of fused-ring (bicyclic) bond motifs is 1. The summed E-state index contributed by atoms with van der Waals surface area (Å²) in [6, 6.07) is 19.9. The lowest BCUT2D eigenvalue weighted by molar-refractivity contribution is -0.122. The third-order valence-corrected chi connectivity index (χ3v) is 5.91. The van der Waals surface area contributed by atoms with E-state index in [1.807, 2.05) is 50.2 Å². The number of benzene rings is 3. The van der Waals surface area contributed by atoms with Crippen LogP contribution in [0.15, 0.2) is 75.6 Å². The van der Waals surface area contributed by atoms with Gasteiger partial charge in [-0.25, -0.2) is 0 Å². The number of aryl methyl sites for hydroxylation is 1. The normalized spacial score (nSPS) is 11.9. The summed E-state index contributed by atoms with van der Waals surface area (Å²) in [5.41, 5.74) is 3.38.